The number of ether oxygens (including phenoxy) is 3. The van der Waals surface area contributed by atoms with Crippen molar-refractivity contribution in [3.63, 3.8) is 0 Å². The first-order chi connectivity index (χ1) is 33.2. The standard InChI is InChI=1S/C56H91O11P/c1-4-7-10-13-16-19-21-23-24-25-26-27-28-30-32-35-38-41-44-47-56(60)67-53(49-63-54(58)45-42-39-36-34-31-29-22-20-17-14-11-8-5-2)51-65-68(61,62)64-50-52(48-57)66-55(59)46-43-40-37-33-18-15-12-9-6-3/h7-8,10-11,16-17,19-20,23-24,26-27,29-32,36,39,52-53,57H,4-6,9,12-15,18,21-22,25,28,33-35,37-38,40-51H2,1-3H3,(H,61,62)/b10-7-,11-8-,19-16-,20-17-,24-23-,27-26-,31-29-,32-30-,39-36-. The maximum absolute atomic E-state index is 12.8. The first-order valence-electron chi connectivity index (χ1n) is 25.8. The number of carbonyl (C=O) groups is 3. The minimum Gasteiger partial charge on any atom is -0.462 e. The van der Waals surface area contributed by atoms with E-state index in [-0.39, 0.29) is 19.3 Å². The zero-order chi connectivity index (χ0) is 49.9. The number of hydrogen-bond donors (Lipinski definition) is 2. The van der Waals surface area contributed by atoms with Gasteiger partial charge in [0, 0.05) is 19.3 Å². The summed E-state index contributed by atoms with van der Waals surface area (Å²) in [5, 5.41) is 9.74. The quantitative estimate of drug-likeness (QED) is 0.0197. The number of carbonyl (C=O) groups excluding carboxylic acids is 3. The van der Waals surface area contributed by atoms with Crippen molar-refractivity contribution < 1.29 is 52.2 Å². The number of esters is 3. The molecule has 0 fully saturated rings. The molecule has 0 aliphatic rings. The first kappa shape index (κ1) is 64.1. The molecule has 11 nitrogen and oxygen atoms in total. The fraction of sp³-hybridized carbons (Fsp3) is 0.625. The molecule has 0 aromatic heterocycles. The van der Waals surface area contributed by atoms with Crippen LogP contribution in [0.3, 0.4) is 0 Å². The van der Waals surface area contributed by atoms with Gasteiger partial charge in [-0.25, -0.2) is 4.57 Å². The molecular formula is C56H91O11P. The molecule has 3 unspecified atom stereocenters. The second kappa shape index (κ2) is 49.6. The Bertz CT molecular complexity index is 1550. The number of rotatable bonds is 46. The van der Waals surface area contributed by atoms with Crippen molar-refractivity contribution >= 4 is 25.7 Å². The molecule has 0 radical (unpaired) electrons. The van der Waals surface area contributed by atoms with Gasteiger partial charge in [-0.05, 0) is 89.9 Å². The lowest BCUT2D eigenvalue weighted by atomic mass is 10.1. The summed E-state index contributed by atoms with van der Waals surface area (Å²) in [7, 11) is -4.77. The number of phosphoric acid groups is 1. The highest BCUT2D eigenvalue weighted by Gasteiger charge is 2.28. The molecule has 3 atom stereocenters. The van der Waals surface area contributed by atoms with Gasteiger partial charge in [-0.2, -0.15) is 0 Å². The molecule has 0 amide bonds. The van der Waals surface area contributed by atoms with Crippen molar-refractivity contribution in [2.45, 2.75) is 200 Å². The Morgan fingerprint density at radius 1 is 0.426 bits per heavy atom. The molecule has 386 valence electrons. The summed E-state index contributed by atoms with van der Waals surface area (Å²) in [6.45, 7) is 4.23. The van der Waals surface area contributed by atoms with E-state index in [0.717, 1.165) is 96.3 Å². The van der Waals surface area contributed by atoms with Crippen LogP contribution in [-0.2, 0) is 42.2 Å². The highest BCUT2D eigenvalue weighted by Crippen LogP contribution is 2.43. The lowest BCUT2D eigenvalue weighted by Crippen LogP contribution is -2.30. The Labute approximate surface area is 412 Å². The maximum Gasteiger partial charge on any atom is 0.472 e. The van der Waals surface area contributed by atoms with Crippen molar-refractivity contribution in [1.29, 1.82) is 0 Å². The van der Waals surface area contributed by atoms with Gasteiger partial charge in [0.2, 0.25) is 0 Å². The van der Waals surface area contributed by atoms with Crippen molar-refractivity contribution in [2.75, 3.05) is 26.4 Å². The summed E-state index contributed by atoms with van der Waals surface area (Å²) in [5.74, 6) is -1.62. The van der Waals surface area contributed by atoms with Crippen molar-refractivity contribution in [3.8, 4) is 0 Å². The Balaban J connectivity index is 4.90. The molecular weight excluding hydrogens is 880 g/mol. The predicted molar refractivity (Wildman–Crippen MR) is 279 cm³/mol. The second-order valence-corrected chi connectivity index (χ2v) is 18.0. The van der Waals surface area contributed by atoms with Crippen LogP contribution in [0.4, 0.5) is 0 Å². The van der Waals surface area contributed by atoms with Gasteiger partial charge in [-0.1, -0.05) is 188 Å². The second-order valence-electron chi connectivity index (χ2n) is 16.6. The van der Waals surface area contributed by atoms with Crippen LogP contribution >= 0.6 is 7.82 Å². The number of aliphatic hydroxyl groups excluding tert-OH is 1. The molecule has 0 heterocycles. The molecule has 2 N–H and O–H groups in total. The molecule has 0 bridgehead atoms. The van der Waals surface area contributed by atoms with Gasteiger partial charge >= 0.3 is 25.7 Å². The van der Waals surface area contributed by atoms with E-state index in [0.29, 0.717) is 19.3 Å². The minimum atomic E-state index is -4.77. The zero-order valence-electron chi connectivity index (χ0n) is 42.3. The number of hydrogen-bond acceptors (Lipinski definition) is 10. The summed E-state index contributed by atoms with van der Waals surface area (Å²) >= 11 is 0. The lowest BCUT2D eigenvalue weighted by molar-refractivity contribution is -0.161. The molecule has 0 aromatic carbocycles. The average molecular weight is 971 g/mol. The molecule has 68 heavy (non-hydrogen) atoms. The van der Waals surface area contributed by atoms with Crippen LogP contribution in [0.5, 0.6) is 0 Å². The molecule has 0 aliphatic heterocycles. The normalized spacial score (nSPS) is 14.4. The SMILES string of the molecule is CC/C=C\C/C=C\C/C=C\C/C=C\C/C=C\CCCCCC(=O)OC(COC(=O)CC/C=C\C/C=C\C/C=C\C/C=C\CC)COP(=O)(O)OCC(CO)OC(=O)CCCCCCCCCCC. The lowest BCUT2D eigenvalue weighted by Gasteiger charge is -2.21. The largest absolute Gasteiger partial charge is 0.472 e. The number of aliphatic hydroxyl groups is 1. The summed E-state index contributed by atoms with van der Waals surface area (Å²) in [4.78, 5) is 48.2. The van der Waals surface area contributed by atoms with E-state index in [1.165, 1.54) is 32.1 Å². The van der Waals surface area contributed by atoms with Crippen LogP contribution in [0.2, 0.25) is 0 Å². The summed E-state index contributed by atoms with van der Waals surface area (Å²) in [6.07, 6.45) is 58.0. The summed E-state index contributed by atoms with van der Waals surface area (Å²) < 4.78 is 39.2. The maximum atomic E-state index is 12.8. The van der Waals surface area contributed by atoms with Gasteiger partial charge in [-0.15, -0.1) is 0 Å². The van der Waals surface area contributed by atoms with Crippen molar-refractivity contribution in [3.05, 3.63) is 109 Å². The third-order valence-electron chi connectivity index (χ3n) is 10.2. The predicted octanol–water partition coefficient (Wildman–Crippen LogP) is 14.7. The van der Waals surface area contributed by atoms with Gasteiger partial charge < -0.3 is 24.2 Å². The van der Waals surface area contributed by atoms with Gasteiger partial charge in [0.05, 0.1) is 19.8 Å². The number of unbranched alkanes of at least 4 members (excludes halogenated alkanes) is 11. The van der Waals surface area contributed by atoms with Crippen molar-refractivity contribution in [1.82, 2.24) is 0 Å². The molecule has 12 heteroatoms. The van der Waals surface area contributed by atoms with E-state index in [1.54, 1.807) is 0 Å². The van der Waals surface area contributed by atoms with Crippen LogP contribution in [0.25, 0.3) is 0 Å². The molecule has 0 spiro atoms. The number of allylic oxidation sites excluding steroid dienone is 18. The minimum absolute atomic E-state index is 0.0929. The van der Waals surface area contributed by atoms with Crippen LogP contribution < -0.4 is 0 Å². The molecule has 0 saturated carbocycles. The van der Waals surface area contributed by atoms with E-state index < -0.39 is 64.4 Å². The summed E-state index contributed by atoms with van der Waals surface area (Å²) in [6, 6.07) is 0. The molecule has 0 aliphatic carbocycles. The van der Waals surface area contributed by atoms with Crippen LogP contribution in [0, 0.1) is 0 Å². The Hall–Kier alpha value is -3.86. The topological polar surface area (TPSA) is 155 Å². The van der Waals surface area contributed by atoms with Crippen LogP contribution in [0.15, 0.2) is 109 Å². The van der Waals surface area contributed by atoms with E-state index in [1.807, 2.05) is 12.2 Å². The van der Waals surface area contributed by atoms with E-state index in [2.05, 4.69) is 118 Å². The van der Waals surface area contributed by atoms with Gasteiger partial charge in [-0.3, -0.25) is 23.4 Å². The first-order valence-corrected chi connectivity index (χ1v) is 27.3. The Kier molecular flexibility index (Phi) is 46.7. The van der Waals surface area contributed by atoms with E-state index in [9.17, 15) is 28.9 Å². The number of phosphoric ester groups is 1. The van der Waals surface area contributed by atoms with Gasteiger partial charge in [0.25, 0.3) is 0 Å². The highest BCUT2D eigenvalue weighted by atomic mass is 31.2. The Morgan fingerprint density at radius 3 is 1.24 bits per heavy atom. The summed E-state index contributed by atoms with van der Waals surface area (Å²) in [5.41, 5.74) is 0. The molecule has 0 saturated heterocycles. The van der Waals surface area contributed by atoms with E-state index in [4.69, 9.17) is 23.3 Å². The van der Waals surface area contributed by atoms with Crippen LogP contribution in [-0.4, -0.2) is 66.5 Å². The van der Waals surface area contributed by atoms with Gasteiger partial charge in [0.1, 0.15) is 12.7 Å². The van der Waals surface area contributed by atoms with Gasteiger partial charge in [0.15, 0.2) is 6.10 Å². The average Bonchev–Trinajstić information content (AvgIpc) is 3.32. The van der Waals surface area contributed by atoms with Crippen LogP contribution in [0.1, 0.15) is 188 Å². The highest BCUT2D eigenvalue weighted by molar-refractivity contribution is 7.47. The fourth-order valence-electron chi connectivity index (χ4n) is 6.34. The molecule has 0 aromatic rings. The third kappa shape index (κ3) is 47.2. The monoisotopic (exact) mass is 971 g/mol. The Morgan fingerprint density at radius 2 is 0.794 bits per heavy atom. The fourth-order valence-corrected chi connectivity index (χ4v) is 7.12. The smallest absolute Gasteiger partial charge is 0.462 e. The zero-order valence-corrected chi connectivity index (χ0v) is 43.2. The van der Waals surface area contributed by atoms with Crippen molar-refractivity contribution in [2.24, 2.45) is 0 Å². The molecule has 0 rings (SSSR count). The van der Waals surface area contributed by atoms with E-state index >= 15 is 0 Å². The third-order valence-corrected chi connectivity index (χ3v) is 11.2.